The van der Waals surface area contributed by atoms with Gasteiger partial charge in [-0.05, 0) is 24.3 Å². The highest BCUT2D eigenvalue weighted by Crippen LogP contribution is 2.17. The second kappa shape index (κ2) is 13.2. The van der Waals surface area contributed by atoms with Crippen molar-refractivity contribution in [3.8, 4) is 18.1 Å². The molecule has 3 N–H and O–H groups in total. The van der Waals surface area contributed by atoms with Gasteiger partial charge in [-0.15, -0.1) is 30.4 Å². The van der Waals surface area contributed by atoms with E-state index in [0.29, 0.717) is 30.4 Å². The van der Waals surface area contributed by atoms with Gasteiger partial charge in [0.15, 0.2) is 5.96 Å². The minimum Gasteiger partial charge on any atom is -0.489 e. The Balaban J connectivity index is 0.00000420. The van der Waals surface area contributed by atoms with Crippen LogP contribution in [0.2, 0.25) is 0 Å². The molecule has 0 spiro atoms. The number of anilines is 1. The van der Waals surface area contributed by atoms with Gasteiger partial charge in [-0.1, -0.05) is 42.8 Å². The monoisotopic (exact) mass is 504 g/mol. The van der Waals surface area contributed by atoms with Crippen LogP contribution < -0.4 is 20.7 Å². The van der Waals surface area contributed by atoms with Crippen molar-refractivity contribution in [1.82, 2.24) is 10.6 Å². The van der Waals surface area contributed by atoms with Crippen molar-refractivity contribution in [2.24, 2.45) is 4.99 Å². The first-order valence-corrected chi connectivity index (χ1v) is 8.79. The van der Waals surface area contributed by atoms with E-state index in [9.17, 15) is 4.79 Å². The maximum absolute atomic E-state index is 12.1. The zero-order valence-electron chi connectivity index (χ0n) is 16.3. The number of terminal acetylenes is 1. The first-order valence-electron chi connectivity index (χ1n) is 8.79. The Morgan fingerprint density at radius 3 is 2.76 bits per heavy atom. The van der Waals surface area contributed by atoms with Gasteiger partial charge in [-0.25, -0.2) is 0 Å². The van der Waals surface area contributed by atoms with Crippen molar-refractivity contribution in [3.05, 3.63) is 72.3 Å². The molecule has 0 heterocycles. The lowest BCUT2D eigenvalue weighted by molar-refractivity contribution is -0.115. The molecule has 29 heavy (non-hydrogen) atoms. The van der Waals surface area contributed by atoms with Crippen LogP contribution in [0.1, 0.15) is 11.1 Å². The lowest BCUT2D eigenvalue weighted by Gasteiger charge is -2.14. The van der Waals surface area contributed by atoms with Crippen molar-refractivity contribution in [3.63, 3.8) is 0 Å². The van der Waals surface area contributed by atoms with Gasteiger partial charge in [0.1, 0.15) is 12.4 Å². The Hall–Kier alpha value is -2.99. The average molecular weight is 504 g/mol. The summed E-state index contributed by atoms with van der Waals surface area (Å²) in [6.07, 6.45) is 7.07. The van der Waals surface area contributed by atoms with E-state index in [1.54, 1.807) is 37.4 Å². The summed E-state index contributed by atoms with van der Waals surface area (Å²) >= 11 is 0. The van der Waals surface area contributed by atoms with E-state index in [-0.39, 0.29) is 36.4 Å². The Bertz CT molecular complexity index is 890. The number of carbonyl (C=O) groups excluding carboxylic acids is 1. The first kappa shape index (κ1) is 24.0. The molecule has 0 bridgehead atoms. The molecule has 6 nitrogen and oxygen atoms in total. The summed E-state index contributed by atoms with van der Waals surface area (Å²) in [5.74, 6) is 3.62. The van der Waals surface area contributed by atoms with E-state index in [1.807, 2.05) is 24.3 Å². The summed E-state index contributed by atoms with van der Waals surface area (Å²) in [5, 5.41) is 8.94. The van der Waals surface area contributed by atoms with Gasteiger partial charge in [0.05, 0.1) is 6.54 Å². The number of hydrogen-bond acceptors (Lipinski definition) is 3. The topological polar surface area (TPSA) is 74.8 Å². The Morgan fingerprint density at radius 1 is 1.24 bits per heavy atom. The molecule has 7 heteroatoms. The lowest BCUT2D eigenvalue weighted by atomic mass is 10.2. The molecule has 0 saturated heterocycles. The van der Waals surface area contributed by atoms with Gasteiger partial charge in [0.2, 0.25) is 5.91 Å². The van der Waals surface area contributed by atoms with Gasteiger partial charge >= 0.3 is 0 Å². The van der Waals surface area contributed by atoms with Crippen molar-refractivity contribution in [2.45, 2.75) is 6.54 Å². The fourth-order valence-electron chi connectivity index (χ4n) is 2.39. The summed E-state index contributed by atoms with van der Waals surface area (Å²) in [4.78, 5) is 16.3. The third-order valence-electron chi connectivity index (χ3n) is 3.73. The molecule has 0 aromatic heterocycles. The van der Waals surface area contributed by atoms with Crippen LogP contribution in [-0.2, 0) is 11.3 Å². The van der Waals surface area contributed by atoms with Crippen LogP contribution in [0.15, 0.2) is 66.2 Å². The fourth-order valence-corrected chi connectivity index (χ4v) is 2.39. The van der Waals surface area contributed by atoms with Crippen LogP contribution in [0.25, 0.3) is 0 Å². The molecule has 152 valence electrons. The van der Waals surface area contributed by atoms with E-state index >= 15 is 0 Å². The fraction of sp³-hybridized carbons (Fsp3) is 0.182. The van der Waals surface area contributed by atoms with Gasteiger partial charge in [-0.3, -0.25) is 9.79 Å². The molecule has 2 aromatic rings. The summed E-state index contributed by atoms with van der Waals surface area (Å²) in [7, 11) is 1.64. The summed E-state index contributed by atoms with van der Waals surface area (Å²) in [6, 6.07) is 14.8. The van der Waals surface area contributed by atoms with Crippen molar-refractivity contribution >= 4 is 41.5 Å². The minimum absolute atomic E-state index is 0. The number of benzene rings is 2. The van der Waals surface area contributed by atoms with Gasteiger partial charge in [-0.2, -0.15) is 0 Å². The van der Waals surface area contributed by atoms with Gasteiger partial charge in [0, 0.05) is 30.4 Å². The molecule has 0 aliphatic rings. The average Bonchev–Trinajstić information content (AvgIpc) is 2.73. The van der Waals surface area contributed by atoms with E-state index in [4.69, 9.17) is 11.2 Å². The van der Waals surface area contributed by atoms with E-state index < -0.39 is 0 Å². The van der Waals surface area contributed by atoms with Gasteiger partial charge in [0.25, 0.3) is 0 Å². The van der Waals surface area contributed by atoms with Crippen LogP contribution >= 0.6 is 24.0 Å². The molecule has 0 aliphatic carbocycles. The molecule has 0 fully saturated rings. The van der Waals surface area contributed by atoms with Crippen LogP contribution in [0.3, 0.4) is 0 Å². The van der Waals surface area contributed by atoms with Crippen LogP contribution in [0, 0.1) is 12.3 Å². The second-order valence-electron chi connectivity index (χ2n) is 5.76. The summed E-state index contributed by atoms with van der Waals surface area (Å²) in [5.41, 5.74) is 2.34. The molecular formula is C22H25IN4O2. The SMILES string of the molecule is C#Cc1cccc(NC(=O)CNC(=NC)NCc2ccccc2OCC=C)c1.I. The molecule has 2 aromatic carbocycles. The third kappa shape index (κ3) is 8.27. The predicted molar refractivity (Wildman–Crippen MR) is 129 cm³/mol. The molecule has 0 radical (unpaired) electrons. The third-order valence-corrected chi connectivity index (χ3v) is 3.73. The largest absolute Gasteiger partial charge is 0.489 e. The number of nitrogens with one attached hydrogen (secondary N) is 3. The smallest absolute Gasteiger partial charge is 0.243 e. The zero-order chi connectivity index (χ0) is 20.2. The Morgan fingerprint density at radius 2 is 2.03 bits per heavy atom. The molecule has 0 atom stereocenters. The Kier molecular flexibility index (Phi) is 11.0. The number of rotatable bonds is 8. The zero-order valence-corrected chi connectivity index (χ0v) is 18.6. The number of aliphatic imine (C=N–C) groups is 1. The number of halogens is 1. The highest BCUT2D eigenvalue weighted by atomic mass is 127. The standard InChI is InChI=1S/C22H24N4O2.HI/c1-4-13-28-20-12-7-6-10-18(20)15-24-22(23-3)25-16-21(27)26-19-11-8-9-17(5-2)14-19;/h2,4,6-12,14H,1,13,15-16H2,3H3,(H,26,27)(H2,23,24,25);1H. The Labute approximate surface area is 188 Å². The molecular weight excluding hydrogens is 479 g/mol. The molecule has 0 unspecified atom stereocenters. The number of para-hydroxylation sites is 1. The number of guanidine groups is 1. The lowest BCUT2D eigenvalue weighted by Crippen LogP contribution is -2.41. The van der Waals surface area contributed by atoms with Crippen molar-refractivity contribution < 1.29 is 9.53 Å². The number of hydrogen-bond donors (Lipinski definition) is 3. The molecule has 2 rings (SSSR count). The number of carbonyl (C=O) groups is 1. The highest BCUT2D eigenvalue weighted by molar-refractivity contribution is 14.0. The van der Waals surface area contributed by atoms with E-state index in [2.05, 4.69) is 33.4 Å². The molecule has 1 amide bonds. The maximum Gasteiger partial charge on any atom is 0.243 e. The van der Waals surface area contributed by atoms with Crippen LogP contribution in [-0.4, -0.2) is 32.1 Å². The number of nitrogens with zero attached hydrogens (tertiary/aromatic N) is 1. The number of ether oxygens (including phenoxy) is 1. The molecule has 0 saturated carbocycles. The highest BCUT2D eigenvalue weighted by Gasteiger charge is 2.07. The minimum atomic E-state index is -0.202. The van der Waals surface area contributed by atoms with Crippen molar-refractivity contribution in [1.29, 1.82) is 0 Å². The van der Waals surface area contributed by atoms with E-state index in [0.717, 1.165) is 11.3 Å². The van der Waals surface area contributed by atoms with Crippen LogP contribution in [0.4, 0.5) is 5.69 Å². The normalized spacial score (nSPS) is 10.1. The summed E-state index contributed by atoms with van der Waals surface area (Å²) < 4.78 is 5.64. The second-order valence-corrected chi connectivity index (χ2v) is 5.76. The van der Waals surface area contributed by atoms with Crippen molar-refractivity contribution in [2.75, 3.05) is 25.5 Å². The number of amides is 1. The quantitative estimate of drug-likeness (QED) is 0.170. The first-order chi connectivity index (χ1) is 13.7. The molecule has 0 aliphatic heterocycles. The maximum atomic E-state index is 12.1. The van der Waals surface area contributed by atoms with Crippen LogP contribution in [0.5, 0.6) is 5.75 Å². The predicted octanol–water partition coefficient (Wildman–Crippen LogP) is 3.15. The summed E-state index contributed by atoms with van der Waals surface area (Å²) in [6.45, 7) is 4.65. The van der Waals surface area contributed by atoms with E-state index in [1.165, 1.54) is 0 Å². The van der Waals surface area contributed by atoms with Gasteiger partial charge < -0.3 is 20.7 Å².